The number of aliphatic imine (C=N–C) groups is 1. The summed E-state index contributed by atoms with van der Waals surface area (Å²) in [6.07, 6.45) is 4.74. The van der Waals surface area contributed by atoms with E-state index in [4.69, 9.17) is 9.73 Å². The molecule has 5 heteroatoms. The molecule has 138 valence electrons. The first-order valence-electron chi connectivity index (χ1n) is 9.60. The van der Waals surface area contributed by atoms with Gasteiger partial charge in [-0.05, 0) is 63.4 Å². The van der Waals surface area contributed by atoms with Gasteiger partial charge in [-0.3, -0.25) is 4.99 Å². The molecular formula is C20H32N4O. The first-order chi connectivity index (χ1) is 12.2. The maximum absolute atomic E-state index is 5.58. The molecule has 1 aliphatic carbocycles. The molecule has 0 radical (unpaired) electrons. The van der Waals surface area contributed by atoms with Gasteiger partial charge in [0.15, 0.2) is 5.96 Å². The van der Waals surface area contributed by atoms with E-state index in [2.05, 4.69) is 54.8 Å². The zero-order valence-corrected chi connectivity index (χ0v) is 15.8. The summed E-state index contributed by atoms with van der Waals surface area (Å²) in [5.74, 6) is 2.82. The molecule has 0 aromatic heterocycles. The zero-order chi connectivity index (χ0) is 17.6. The third kappa shape index (κ3) is 5.11. The van der Waals surface area contributed by atoms with E-state index in [-0.39, 0.29) is 0 Å². The minimum Gasteiger partial charge on any atom is -0.493 e. The molecule has 0 saturated heterocycles. The predicted molar refractivity (Wildman–Crippen MR) is 104 cm³/mol. The fourth-order valence-corrected chi connectivity index (χ4v) is 3.46. The summed E-state index contributed by atoms with van der Waals surface area (Å²) in [5, 5.41) is 6.84. The molecule has 1 saturated carbocycles. The Morgan fingerprint density at radius 3 is 2.88 bits per heavy atom. The highest BCUT2D eigenvalue weighted by Gasteiger charge is 2.32. The Labute approximate surface area is 151 Å². The van der Waals surface area contributed by atoms with Crippen LogP contribution in [0.1, 0.15) is 30.9 Å². The van der Waals surface area contributed by atoms with Crippen LogP contribution in [0.3, 0.4) is 0 Å². The molecule has 0 bridgehead atoms. The molecule has 1 atom stereocenters. The average Bonchev–Trinajstić information content (AvgIpc) is 3.31. The highest BCUT2D eigenvalue weighted by Crippen LogP contribution is 2.34. The van der Waals surface area contributed by atoms with Crippen molar-refractivity contribution in [2.75, 3.05) is 40.3 Å². The number of hydrogen-bond donors (Lipinski definition) is 2. The molecular weight excluding hydrogens is 312 g/mol. The standard InChI is InChI=1S/C20H32N4O/c1-4-21-20(23-14-18(24(2)3)16-6-7-16)22-11-9-15-5-8-19-17(13-15)10-12-25-19/h5,8,13,16,18H,4,6-7,9-12,14H2,1-3H3,(H2,21,22,23). The molecule has 2 aliphatic rings. The van der Waals surface area contributed by atoms with Crippen LogP contribution in [0.2, 0.25) is 0 Å². The second-order valence-corrected chi connectivity index (χ2v) is 7.31. The number of nitrogens with one attached hydrogen (secondary N) is 2. The molecule has 1 aliphatic heterocycles. The summed E-state index contributed by atoms with van der Waals surface area (Å²) in [6, 6.07) is 7.12. The van der Waals surface area contributed by atoms with Gasteiger partial charge in [-0.2, -0.15) is 0 Å². The summed E-state index contributed by atoms with van der Waals surface area (Å²) in [7, 11) is 4.33. The van der Waals surface area contributed by atoms with Crippen molar-refractivity contribution in [3.63, 3.8) is 0 Å². The van der Waals surface area contributed by atoms with Crippen LogP contribution in [0.25, 0.3) is 0 Å². The van der Waals surface area contributed by atoms with Gasteiger partial charge >= 0.3 is 0 Å². The SMILES string of the molecule is CCNC(=NCC(C1CC1)N(C)C)NCCc1ccc2c(c1)CCO2. The summed E-state index contributed by atoms with van der Waals surface area (Å²) in [4.78, 5) is 7.13. The lowest BCUT2D eigenvalue weighted by Crippen LogP contribution is -2.40. The molecule has 3 rings (SSSR count). The van der Waals surface area contributed by atoms with Crippen molar-refractivity contribution in [1.29, 1.82) is 0 Å². The first kappa shape index (κ1) is 18.1. The lowest BCUT2D eigenvalue weighted by atomic mass is 10.1. The van der Waals surface area contributed by atoms with E-state index >= 15 is 0 Å². The number of ether oxygens (including phenoxy) is 1. The minimum atomic E-state index is 0.562. The van der Waals surface area contributed by atoms with E-state index in [0.717, 1.165) is 56.7 Å². The van der Waals surface area contributed by atoms with Crippen LogP contribution in [0.15, 0.2) is 23.2 Å². The number of rotatable bonds is 8. The molecule has 1 fully saturated rings. The number of likely N-dealkylation sites (N-methyl/N-ethyl adjacent to an activating group) is 1. The normalized spacial score (nSPS) is 18.0. The molecule has 1 unspecified atom stereocenters. The van der Waals surface area contributed by atoms with Crippen molar-refractivity contribution in [2.24, 2.45) is 10.9 Å². The van der Waals surface area contributed by atoms with Gasteiger partial charge in [-0.15, -0.1) is 0 Å². The summed E-state index contributed by atoms with van der Waals surface area (Å²) >= 11 is 0. The van der Waals surface area contributed by atoms with Crippen molar-refractivity contribution in [3.05, 3.63) is 29.3 Å². The molecule has 1 heterocycles. The van der Waals surface area contributed by atoms with Gasteiger partial charge in [0.2, 0.25) is 0 Å². The van der Waals surface area contributed by atoms with E-state index in [9.17, 15) is 0 Å². The first-order valence-corrected chi connectivity index (χ1v) is 9.60. The van der Waals surface area contributed by atoms with Gasteiger partial charge < -0.3 is 20.3 Å². The van der Waals surface area contributed by atoms with E-state index < -0.39 is 0 Å². The fourth-order valence-electron chi connectivity index (χ4n) is 3.46. The van der Waals surface area contributed by atoms with Gasteiger partial charge in [0.05, 0.1) is 13.2 Å². The van der Waals surface area contributed by atoms with E-state index in [1.54, 1.807) is 0 Å². The lowest BCUT2D eigenvalue weighted by Gasteiger charge is -2.23. The van der Waals surface area contributed by atoms with Crippen LogP contribution in [0.5, 0.6) is 5.75 Å². The van der Waals surface area contributed by atoms with Gasteiger partial charge in [0.1, 0.15) is 5.75 Å². The van der Waals surface area contributed by atoms with Crippen molar-refractivity contribution >= 4 is 5.96 Å². The predicted octanol–water partition coefficient (Wildman–Crippen LogP) is 2.06. The molecule has 1 aromatic rings. The Kier molecular flexibility index (Phi) is 6.19. The molecule has 25 heavy (non-hydrogen) atoms. The van der Waals surface area contributed by atoms with Crippen LogP contribution < -0.4 is 15.4 Å². The Balaban J connectivity index is 1.50. The number of nitrogens with zero attached hydrogens (tertiary/aromatic N) is 2. The van der Waals surface area contributed by atoms with Gasteiger partial charge in [0.25, 0.3) is 0 Å². The lowest BCUT2D eigenvalue weighted by molar-refractivity contribution is 0.271. The smallest absolute Gasteiger partial charge is 0.191 e. The highest BCUT2D eigenvalue weighted by atomic mass is 16.5. The van der Waals surface area contributed by atoms with Crippen LogP contribution in [0, 0.1) is 5.92 Å². The van der Waals surface area contributed by atoms with Crippen LogP contribution >= 0.6 is 0 Å². The molecule has 0 spiro atoms. The molecule has 5 nitrogen and oxygen atoms in total. The Morgan fingerprint density at radius 2 is 2.16 bits per heavy atom. The van der Waals surface area contributed by atoms with Crippen LogP contribution in [0.4, 0.5) is 0 Å². The minimum absolute atomic E-state index is 0.562. The van der Waals surface area contributed by atoms with Gasteiger partial charge in [-0.25, -0.2) is 0 Å². The number of fused-ring (bicyclic) bond motifs is 1. The molecule has 2 N–H and O–H groups in total. The Hall–Kier alpha value is -1.75. The zero-order valence-electron chi connectivity index (χ0n) is 15.8. The third-order valence-electron chi connectivity index (χ3n) is 5.07. The van der Waals surface area contributed by atoms with Crippen LogP contribution in [-0.2, 0) is 12.8 Å². The highest BCUT2D eigenvalue weighted by molar-refractivity contribution is 5.79. The van der Waals surface area contributed by atoms with Crippen LogP contribution in [-0.4, -0.2) is 57.2 Å². The number of hydrogen-bond acceptors (Lipinski definition) is 3. The fraction of sp³-hybridized carbons (Fsp3) is 0.650. The Bertz CT molecular complexity index is 593. The van der Waals surface area contributed by atoms with Crippen molar-refractivity contribution in [2.45, 2.75) is 38.6 Å². The van der Waals surface area contributed by atoms with Gasteiger partial charge in [-0.1, -0.05) is 12.1 Å². The molecule has 0 amide bonds. The number of benzene rings is 1. The Morgan fingerprint density at radius 1 is 1.32 bits per heavy atom. The van der Waals surface area contributed by atoms with E-state index in [1.165, 1.54) is 24.0 Å². The van der Waals surface area contributed by atoms with Crippen molar-refractivity contribution < 1.29 is 4.74 Å². The second kappa shape index (κ2) is 8.56. The molecule has 1 aromatic carbocycles. The summed E-state index contributed by atoms with van der Waals surface area (Å²) in [6.45, 7) is 5.58. The second-order valence-electron chi connectivity index (χ2n) is 7.31. The van der Waals surface area contributed by atoms with Crippen molar-refractivity contribution in [1.82, 2.24) is 15.5 Å². The van der Waals surface area contributed by atoms with E-state index in [0.29, 0.717) is 6.04 Å². The average molecular weight is 345 g/mol. The summed E-state index contributed by atoms with van der Waals surface area (Å²) < 4.78 is 5.58. The monoisotopic (exact) mass is 344 g/mol. The topological polar surface area (TPSA) is 48.9 Å². The number of guanidine groups is 1. The maximum atomic E-state index is 5.58. The van der Waals surface area contributed by atoms with Crippen molar-refractivity contribution in [3.8, 4) is 5.75 Å². The van der Waals surface area contributed by atoms with E-state index in [1.807, 2.05) is 0 Å². The largest absolute Gasteiger partial charge is 0.493 e. The third-order valence-corrected chi connectivity index (χ3v) is 5.07. The summed E-state index contributed by atoms with van der Waals surface area (Å²) in [5.41, 5.74) is 2.70. The quantitative estimate of drug-likeness (QED) is 0.560. The maximum Gasteiger partial charge on any atom is 0.191 e. The van der Waals surface area contributed by atoms with Gasteiger partial charge in [0, 0.05) is 25.6 Å².